The number of nitrogens with zero attached hydrogens (tertiary/aromatic N) is 1. The minimum Gasteiger partial charge on any atom is -0.394 e. The van der Waals surface area contributed by atoms with Crippen molar-refractivity contribution >= 4 is 5.91 Å². The van der Waals surface area contributed by atoms with Crippen LogP contribution >= 0.6 is 0 Å². The van der Waals surface area contributed by atoms with Crippen molar-refractivity contribution in [3.8, 4) is 0 Å². The molecule has 0 saturated carbocycles. The van der Waals surface area contributed by atoms with Gasteiger partial charge in [0.25, 0.3) is 5.91 Å². The first kappa shape index (κ1) is 18.3. The highest BCUT2D eigenvalue weighted by atomic mass is 16.4. The zero-order valence-corrected chi connectivity index (χ0v) is 11.8. The number of hydrogen-bond acceptors (Lipinski definition) is 6. The molecule has 0 saturated heterocycles. The molecule has 7 nitrogen and oxygen atoms in total. The Hall–Kier alpha value is -0.730. The molecule has 19 heavy (non-hydrogen) atoms. The van der Waals surface area contributed by atoms with Gasteiger partial charge in [-0.1, -0.05) is 0 Å². The van der Waals surface area contributed by atoms with E-state index in [1.165, 1.54) is 4.90 Å². The van der Waals surface area contributed by atoms with Gasteiger partial charge in [-0.05, 0) is 27.7 Å². The predicted molar refractivity (Wildman–Crippen MR) is 68.2 cm³/mol. The van der Waals surface area contributed by atoms with Crippen LogP contribution in [0, 0.1) is 0 Å². The van der Waals surface area contributed by atoms with Crippen LogP contribution in [0.4, 0.5) is 0 Å². The second-order valence-electron chi connectivity index (χ2n) is 5.11. The molecule has 0 aliphatic heterocycles. The average Bonchev–Trinajstić information content (AvgIpc) is 2.33. The number of rotatable bonds is 7. The van der Waals surface area contributed by atoms with Gasteiger partial charge >= 0.3 is 0 Å². The summed E-state index contributed by atoms with van der Waals surface area (Å²) in [6.45, 7) is 6.26. The molecule has 1 amide bonds. The number of hydrogen-bond donors (Lipinski definition) is 5. The van der Waals surface area contributed by atoms with Crippen molar-refractivity contribution in [2.75, 3.05) is 6.61 Å². The van der Waals surface area contributed by atoms with Crippen molar-refractivity contribution in [3.05, 3.63) is 0 Å². The van der Waals surface area contributed by atoms with E-state index in [-0.39, 0.29) is 12.1 Å². The summed E-state index contributed by atoms with van der Waals surface area (Å²) >= 11 is 0. The second-order valence-corrected chi connectivity index (χ2v) is 5.11. The van der Waals surface area contributed by atoms with Gasteiger partial charge in [-0.15, -0.1) is 0 Å². The van der Waals surface area contributed by atoms with Crippen LogP contribution in [-0.2, 0) is 4.79 Å². The predicted octanol–water partition coefficient (Wildman–Crippen LogP) is -1.93. The normalized spacial score (nSPS) is 18.3. The van der Waals surface area contributed by atoms with Crippen molar-refractivity contribution in [2.45, 2.75) is 64.2 Å². The van der Waals surface area contributed by atoms with E-state index < -0.39 is 36.9 Å². The minimum atomic E-state index is -1.87. The Labute approximate surface area is 113 Å². The van der Waals surface area contributed by atoms with Crippen molar-refractivity contribution in [2.24, 2.45) is 0 Å². The number of aliphatic hydroxyl groups excluding tert-OH is 5. The molecule has 0 unspecified atom stereocenters. The Bertz CT molecular complexity index is 275. The van der Waals surface area contributed by atoms with E-state index in [0.29, 0.717) is 0 Å². The molecule has 0 rings (SSSR count). The van der Waals surface area contributed by atoms with Crippen LogP contribution < -0.4 is 0 Å². The lowest BCUT2D eigenvalue weighted by Crippen LogP contribution is -2.55. The molecule has 0 aliphatic carbocycles. The molecule has 0 aromatic rings. The molecule has 0 spiro atoms. The molecule has 114 valence electrons. The number of amides is 1. The maximum atomic E-state index is 12.0. The van der Waals surface area contributed by atoms with Crippen molar-refractivity contribution in [1.29, 1.82) is 0 Å². The monoisotopic (exact) mass is 279 g/mol. The molecule has 0 heterocycles. The molecule has 0 aromatic heterocycles. The molecular weight excluding hydrogens is 254 g/mol. The number of aliphatic hydroxyl groups is 5. The van der Waals surface area contributed by atoms with Gasteiger partial charge < -0.3 is 30.4 Å². The van der Waals surface area contributed by atoms with Crippen LogP contribution in [0.15, 0.2) is 0 Å². The molecular formula is C12H25NO6. The summed E-state index contributed by atoms with van der Waals surface area (Å²) in [5.74, 6) is -0.735. The third kappa shape index (κ3) is 4.70. The molecule has 4 atom stereocenters. The largest absolute Gasteiger partial charge is 0.394 e. The first-order valence-electron chi connectivity index (χ1n) is 6.30. The van der Waals surface area contributed by atoms with Crippen LogP contribution in [0.1, 0.15) is 27.7 Å². The summed E-state index contributed by atoms with van der Waals surface area (Å²) in [6, 6.07) is -0.372. The van der Waals surface area contributed by atoms with E-state index in [4.69, 9.17) is 5.11 Å². The van der Waals surface area contributed by atoms with Gasteiger partial charge in [0.05, 0.1) is 6.61 Å². The molecule has 0 radical (unpaired) electrons. The standard InChI is InChI=1S/C12H25NO6/c1-6(2)13(7(3)4)12(19)11(18)10(17)9(16)8(15)5-14/h6-11,14-18H,5H2,1-4H3/t8-,9-,10+,11-/m1/s1. The fourth-order valence-electron chi connectivity index (χ4n) is 1.93. The Balaban J connectivity index is 4.88. The first-order valence-corrected chi connectivity index (χ1v) is 6.30. The van der Waals surface area contributed by atoms with Gasteiger partial charge in [-0.25, -0.2) is 0 Å². The van der Waals surface area contributed by atoms with Crippen LogP contribution in [0.5, 0.6) is 0 Å². The third-order valence-electron chi connectivity index (χ3n) is 2.87. The van der Waals surface area contributed by atoms with Gasteiger partial charge in [0, 0.05) is 12.1 Å². The second kappa shape index (κ2) is 7.76. The Morgan fingerprint density at radius 3 is 1.68 bits per heavy atom. The number of carbonyl (C=O) groups is 1. The SMILES string of the molecule is CC(C)N(C(=O)[C@H](O)[C@@H](O)[C@H](O)[C@H](O)CO)C(C)C. The van der Waals surface area contributed by atoms with Crippen LogP contribution in [0.2, 0.25) is 0 Å². The highest BCUT2D eigenvalue weighted by Gasteiger charge is 2.37. The fraction of sp³-hybridized carbons (Fsp3) is 0.917. The van der Waals surface area contributed by atoms with Crippen molar-refractivity contribution in [1.82, 2.24) is 4.90 Å². The lowest BCUT2D eigenvalue weighted by Gasteiger charge is -2.34. The fourth-order valence-corrected chi connectivity index (χ4v) is 1.93. The van der Waals surface area contributed by atoms with Crippen LogP contribution in [0.25, 0.3) is 0 Å². The molecule has 0 fully saturated rings. The van der Waals surface area contributed by atoms with Crippen molar-refractivity contribution in [3.63, 3.8) is 0 Å². The van der Waals surface area contributed by atoms with E-state index in [1.54, 1.807) is 27.7 Å². The minimum absolute atomic E-state index is 0.186. The summed E-state index contributed by atoms with van der Waals surface area (Å²) in [5, 5.41) is 46.8. The quantitative estimate of drug-likeness (QED) is 0.370. The van der Waals surface area contributed by atoms with Gasteiger partial charge in [0.1, 0.15) is 18.3 Å². The Kier molecular flexibility index (Phi) is 7.46. The number of carbonyl (C=O) groups excluding carboxylic acids is 1. The molecule has 0 aromatic carbocycles. The van der Waals surface area contributed by atoms with E-state index in [0.717, 1.165) is 0 Å². The van der Waals surface area contributed by atoms with Gasteiger partial charge in [0.2, 0.25) is 0 Å². The molecule has 5 N–H and O–H groups in total. The van der Waals surface area contributed by atoms with E-state index >= 15 is 0 Å². The molecule has 0 aliphatic rings. The van der Waals surface area contributed by atoms with Crippen molar-refractivity contribution < 1.29 is 30.3 Å². The maximum Gasteiger partial charge on any atom is 0.254 e. The summed E-state index contributed by atoms with van der Waals surface area (Å²) in [4.78, 5) is 13.4. The summed E-state index contributed by atoms with van der Waals surface area (Å²) in [7, 11) is 0. The van der Waals surface area contributed by atoms with Crippen LogP contribution in [-0.4, -0.2) is 79.4 Å². The third-order valence-corrected chi connectivity index (χ3v) is 2.87. The lowest BCUT2D eigenvalue weighted by atomic mass is 10.0. The summed E-state index contributed by atoms with van der Waals surface area (Å²) in [5.41, 5.74) is 0. The molecule has 7 heteroatoms. The zero-order valence-electron chi connectivity index (χ0n) is 11.8. The first-order chi connectivity index (χ1) is 8.64. The van der Waals surface area contributed by atoms with E-state index in [9.17, 15) is 25.2 Å². The maximum absolute atomic E-state index is 12.0. The van der Waals surface area contributed by atoms with Crippen LogP contribution in [0.3, 0.4) is 0 Å². The highest BCUT2D eigenvalue weighted by Crippen LogP contribution is 2.12. The van der Waals surface area contributed by atoms with Gasteiger partial charge in [-0.2, -0.15) is 0 Å². The summed E-state index contributed by atoms with van der Waals surface area (Å²) < 4.78 is 0. The Morgan fingerprint density at radius 2 is 1.37 bits per heavy atom. The average molecular weight is 279 g/mol. The smallest absolute Gasteiger partial charge is 0.254 e. The van der Waals surface area contributed by atoms with Gasteiger partial charge in [-0.3, -0.25) is 4.79 Å². The Morgan fingerprint density at radius 1 is 0.947 bits per heavy atom. The molecule has 0 bridgehead atoms. The summed E-state index contributed by atoms with van der Waals surface area (Å²) in [6.07, 6.45) is -7.15. The topological polar surface area (TPSA) is 121 Å². The highest BCUT2D eigenvalue weighted by molar-refractivity contribution is 5.82. The van der Waals surface area contributed by atoms with E-state index in [1.807, 2.05) is 0 Å². The lowest BCUT2D eigenvalue weighted by molar-refractivity contribution is -0.161. The van der Waals surface area contributed by atoms with E-state index in [2.05, 4.69) is 0 Å². The van der Waals surface area contributed by atoms with Gasteiger partial charge in [0.15, 0.2) is 6.10 Å². The zero-order chi connectivity index (χ0) is 15.3.